The van der Waals surface area contributed by atoms with Gasteiger partial charge < -0.3 is 10.0 Å². The summed E-state index contributed by atoms with van der Waals surface area (Å²) in [4.78, 5) is 25.1. The number of aliphatic hydroxyl groups excluding tert-OH is 1. The number of aliphatic hydroxyl groups is 1. The number of carbonyl (C=O) groups excluding carboxylic acids is 1. The number of likely N-dealkylation sites (tertiary alicyclic amines) is 1. The minimum absolute atomic E-state index is 0.00323. The van der Waals surface area contributed by atoms with Crippen LogP contribution in [0.3, 0.4) is 0 Å². The Balaban J connectivity index is 2.09. The molecule has 17 heavy (non-hydrogen) atoms. The summed E-state index contributed by atoms with van der Waals surface area (Å²) in [5, 5.41) is 10.9. The van der Waals surface area contributed by atoms with Crippen molar-refractivity contribution in [3.63, 3.8) is 0 Å². The summed E-state index contributed by atoms with van der Waals surface area (Å²) in [6.07, 6.45) is 1.77. The lowest BCUT2D eigenvalue weighted by Gasteiger charge is -2.23. The van der Waals surface area contributed by atoms with Gasteiger partial charge in [0.05, 0.1) is 12.6 Å². The number of nitrogens with zero attached hydrogens (tertiary/aromatic N) is 2. The van der Waals surface area contributed by atoms with E-state index in [9.17, 15) is 9.59 Å². The lowest BCUT2D eigenvalue weighted by atomic mass is 10.2. The van der Waals surface area contributed by atoms with E-state index in [1.54, 1.807) is 10.3 Å². The third-order valence-electron chi connectivity index (χ3n) is 3.18. The van der Waals surface area contributed by atoms with Crippen molar-refractivity contribution in [3.8, 4) is 0 Å². The van der Waals surface area contributed by atoms with Crippen molar-refractivity contribution in [1.82, 2.24) is 9.47 Å². The van der Waals surface area contributed by atoms with Crippen LogP contribution in [0.15, 0.2) is 10.2 Å². The van der Waals surface area contributed by atoms with Crippen LogP contribution < -0.4 is 4.87 Å². The molecular weight excluding hydrogens is 240 g/mol. The Morgan fingerprint density at radius 3 is 3.00 bits per heavy atom. The molecule has 1 unspecified atom stereocenters. The average molecular weight is 256 g/mol. The van der Waals surface area contributed by atoms with Crippen molar-refractivity contribution in [1.29, 1.82) is 0 Å². The molecule has 6 heteroatoms. The molecule has 1 aliphatic rings. The quantitative estimate of drug-likeness (QED) is 0.840. The Bertz CT molecular complexity index is 466. The van der Waals surface area contributed by atoms with Crippen molar-refractivity contribution in [2.75, 3.05) is 13.2 Å². The molecule has 0 bridgehead atoms. The topological polar surface area (TPSA) is 62.5 Å². The Hall–Kier alpha value is -1.14. The molecule has 94 valence electrons. The smallest absolute Gasteiger partial charge is 0.307 e. The first kappa shape index (κ1) is 12.3. The van der Waals surface area contributed by atoms with Crippen LogP contribution in [0, 0.1) is 6.92 Å². The van der Waals surface area contributed by atoms with Crippen LogP contribution in [-0.2, 0) is 11.3 Å². The highest BCUT2D eigenvalue weighted by atomic mass is 32.1. The van der Waals surface area contributed by atoms with Gasteiger partial charge in [-0.1, -0.05) is 11.3 Å². The fourth-order valence-electron chi connectivity index (χ4n) is 2.18. The molecule has 5 nitrogen and oxygen atoms in total. The zero-order valence-corrected chi connectivity index (χ0v) is 10.6. The van der Waals surface area contributed by atoms with Crippen LogP contribution in [0.4, 0.5) is 0 Å². The maximum atomic E-state index is 12.0. The van der Waals surface area contributed by atoms with Crippen molar-refractivity contribution in [2.24, 2.45) is 0 Å². The van der Waals surface area contributed by atoms with E-state index in [1.165, 1.54) is 4.57 Å². The minimum Gasteiger partial charge on any atom is -0.394 e. The van der Waals surface area contributed by atoms with Gasteiger partial charge in [0.25, 0.3) is 0 Å². The van der Waals surface area contributed by atoms with Gasteiger partial charge in [0, 0.05) is 17.6 Å². The van der Waals surface area contributed by atoms with Gasteiger partial charge in [-0.05, 0) is 19.8 Å². The molecule has 1 aromatic heterocycles. The molecule has 1 aromatic rings. The Labute approximate surface area is 103 Å². The summed E-state index contributed by atoms with van der Waals surface area (Å²) >= 11 is 1.11. The standard InChI is InChI=1S/C11H16N2O3S/c1-8-7-17-11(16)13(8)5-10(15)12-4-2-3-9(12)6-14/h7,9,14H,2-6H2,1H3. The monoisotopic (exact) mass is 256 g/mol. The number of rotatable bonds is 3. The number of aromatic nitrogens is 1. The number of hydrogen-bond donors (Lipinski definition) is 1. The molecule has 2 rings (SSSR count). The number of amides is 1. The molecule has 2 heterocycles. The molecule has 0 aliphatic carbocycles. The van der Waals surface area contributed by atoms with E-state index in [0.717, 1.165) is 29.9 Å². The van der Waals surface area contributed by atoms with Gasteiger partial charge in [-0.15, -0.1) is 0 Å². The van der Waals surface area contributed by atoms with Crippen LogP contribution in [-0.4, -0.2) is 39.7 Å². The van der Waals surface area contributed by atoms with Crippen LogP contribution in [0.25, 0.3) is 0 Å². The number of hydrogen-bond acceptors (Lipinski definition) is 4. The molecule has 1 saturated heterocycles. The molecule has 1 amide bonds. The van der Waals surface area contributed by atoms with Gasteiger partial charge in [0.15, 0.2) is 0 Å². The molecule has 0 aromatic carbocycles. The summed E-state index contributed by atoms with van der Waals surface area (Å²) in [5.74, 6) is -0.0786. The second kappa shape index (κ2) is 5.01. The zero-order valence-electron chi connectivity index (χ0n) is 9.76. The van der Waals surface area contributed by atoms with E-state index in [4.69, 9.17) is 5.11 Å². The lowest BCUT2D eigenvalue weighted by molar-refractivity contribution is -0.133. The lowest BCUT2D eigenvalue weighted by Crippen LogP contribution is -2.40. The first-order valence-corrected chi connectivity index (χ1v) is 6.56. The van der Waals surface area contributed by atoms with Crippen molar-refractivity contribution in [2.45, 2.75) is 32.4 Å². The molecule has 0 radical (unpaired) electrons. The molecule has 1 N–H and O–H groups in total. The SMILES string of the molecule is Cc1csc(=O)n1CC(=O)N1CCCC1CO. The first-order valence-electron chi connectivity index (χ1n) is 5.68. The van der Waals surface area contributed by atoms with Crippen LogP contribution in [0.5, 0.6) is 0 Å². The second-order valence-corrected chi connectivity index (χ2v) is 5.12. The average Bonchev–Trinajstić information content (AvgIpc) is 2.90. The van der Waals surface area contributed by atoms with Gasteiger partial charge >= 0.3 is 4.87 Å². The summed E-state index contributed by atoms with van der Waals surface area (Å²) in [6, 6.07) is -0.0721. The minimum atomic E-state index is -0.101. The third kappa shape index (κ3) is 2.42. The summed E-state index contributed by atoms with van der Waals surface area (Å²) < 4.78 is 1.49. The fraction of sp³-hybridized carbons (Fsp3) is 0.636. The molecular formula is C11H16N2O3S. The van der Waals surface area contributed by atoms with Gasteiger partial charge in [0.1, 0.15) is 6.54 Å². The predicted octanol–water partition coefficient (Wildman–Crippen LogP) is 0.202. The predicted molar refractivity (Wildman–Crippen MR) is 65.1 cm³/mol. The van der Waals surface area contributed by atoms with E-state index in [0.29, 0.717) is 6.54 Å². The largest absolute Gasteiger partial charge is 0.394 e. The van der Waals surface area contributed by atoms with Crippen molar-refractivity contribution >= 4 is 17.2 Å². The Morgan fingerprint density at radius 1 is 1.65 bits per heavy atom. The number of aryl methyl sites for hydroxylation is 1. The van der Waals surface area contributed by atoms with E-state index in [2.05, 4.69) is 0 Å². The van der Waals surface area contributed by atoms with E-state index in [1.807, 2.05) is 6.92 Å². The highest BCUT2D eigenvalue weighted by Crippen LogP contribution is 2.17. The Morgan fingerprint density at radius 2 is 2.41 bits per heavy atom. The highest BCUT2D eigenvalue weighted by Gasteiger charge is 2.28. The van der Waals surface area contributed by atoms with Gasteiger partial charge in [-0.25, -0.2) is 0 Å². The number of carbonyl (C=O) groups is 1. The molecule has 0 saturated carbocycles. The fourth-order valence-corrected chi connectivity index (χ4v) is 2.91. The zero-order chi connectivity index (χ0) is 12.4. The number of thiazole rings is 1. The summed E-state index contributed by atoms with van der Waals surface area (Å²) in [7, 11) is 0. The summed E-state index contributed by atoms with van der Waals surface area (Å²) in [5.41, 5.74) is 0.813. The maximum Gasteiger partial charge on any atom is 0.307 e. The first-order chi connectivity index (χ1) is 8.13. The molecule has 1 atom stereocenters. The van der Waals surface area contributed by atoms with Crippen LogP contribution >= 0.6 is 11.3 Å². The van der Waals surface area contributed by atoms with E-state index in [-0.39, 0.29) is 30.0 Å². The Kier molecular flexibility index (Phi) is 3.63. The van der Waals surface area contributed by atoms with Gasteiger partial charge in [0.2, 0.25) is 5.91 Å². The third-order valence-corrected chi connectivity index (χ3v) is 4.06. The van der Waals surface area contributed by atoms with Gasteiger partial charge in [-0.3, -0.25) is 14.2 Å². The molecule has 1 fully saturated rings. The molecule has 0 spiro atoms. The van der Waals surface area contributed by atoms with Gasteiger partial charge in [-0.2, -0.15) is 0 Å². The second-order valence-electron chi connectivity index (χ2n) is 4.29. The van der Waals surface area contributed by atoms with Crippen LogP contribution in [0.2, 0.25) is 0 Å². The maximum absolute atomic E-state index is 12.0. The van der Waals surface area contributed by atoms with E-state index >= 15 is 0 Å². The van der Waals surface area contributed by atoms with Crippen molar-refractivity contribution in [3.05, 3.63) is 20.7 Å². The highest BCUT2D eigenvalue weighted by molar-refractivity contribution is 7.07. The van der Waals surface area contributed by atoms with E-state index < -0.39 is 0 Å². The molecule has 1 aliphatic heterocycles. The van der Waals surface area contributed by atoms with Crippen molar-refractivity contribution < 1.29 is 9.90 Å². The normalized spacial score (nSPS) is 19.9. The summed E-state index contributed by atoms with van der Waals surface area (Å²) in [6.45, 7) is 2.59. The van der Waals surface area contributed by atoms with Crippen LogP contribution in [0.1, 0.15) is 18.5 Å².